The van der Waals surface area contributed by atoms with Gasteiger partial charge in [-0.3, -0.25) is 4.79 Å². The quantitative estimate of drug-likeness (QED) is 0.646. The van der Waals surface area contributed by atoms with E-state index in [0.717, 1.165) is 17.4 Å². The number of halogens is 2. The number of nitrogens with two attached hydrogens (primary N) is 1. The van der Waals surface area contributed by atoms with Gasteiger partial charge in [-0.25, -0.2) is 9.97 Å². The summed E-state index contributed by atoms with van der Waals surface area (Å²) >= 11 is 12.3. The second-order valence-electron chi connectivity index (χ2n) is 5.29. The van der Waals surface area contributed by atoms with Gasteiger partial charge in [0.2, 0.25) is 0 Å². The number of benzene rings is 2. The standard InChI is InChI=1S/C18H14Cl2N4O/c19-14-5-2-6-15(20)13(14)8-23-18-17(21)22-9-16(24-18)12-4-1-3-11(7-12)10-25/h1-7,9-10H,8H2,(H2,21,22)(H,23,24). The first-order valence-corrected chi connectivity index (χ1v) is 8.19. The predicted octanol–water partition coefficient (Wildman–Crippen LogP) is 4.46. The second kappa shape index (κ2) is 7.51. The van der Waals surface area contributed by atoms with E-state index in [1.165, 1.54) is 0 Å². The lowest BCUT2D eigenvalue weighted by Crippen LogP contribution is -2.07. The van der Waals surface area contributed by atoms with Gasteiger partial charge in [-0.05, 0) is 18.2 Å². The summed E-state index contributed by atoms with van der Waals surface area (Å²) in [6, 6.07) is 12.4. The number of carbonyl (C=O) groups is 1. The van der Waals surface area contributed by atoms with Crippen LogP contribution in [0.2, 0.25) is 10.0 Å². The van der Waals surface area contributed by atoms with Crippen molar-refractivity contribution in [1.29, 1.82) is 0 Å². The lowest BCUT2D eigenvalue weighted by Gasteiger charge is -2.12. The van der Waals surface area contributed by atoms with E-state index in [9.17, 15) is 4.79 Å². The Morgan fingerprint density at radius 3 is 2.56 bits per heavy atom. The molecule has 0 fully saturated rings. The van der Waals surface area contributed by atoms with Crippen molar-refractivity contribution >= 4 is 41.1 Å². The van der Waals surface area contributed by atoms with Crippen LogP contribution in [0.5, 0.6) is 0 Å². The number of carbonyl (C=O) groups excluding carboxylic acids is 1. The molecule has 0 amide bonds. The van der Waals surface area contributed by atoms with Gasteiger partial charge in [0, 0.05) is 33.3 Å². The van der Waals surface area contributed by atoms with Gasteiger partial charge in [-0.2, -0.15) is 0 Å². The third-order valence-electron chi connectivity index (χ3n) is 3.61. The van der Waals surface area contributed by atoms with Crippen molar-refractivity contribution < 1.29 is 4.79 Å². The van der Waals surface area contributed by atoms with Crippen molar-refractivity contribution in [3.63, 3.8) is 0 Å². The monoisotopic (exact) mass is 372 g/mol. The van der Waals surface area contributed by atoms with Crippen LogP contribution in [0.4, 0.5) is 11.6 Å². The molecule has 0 saturated heterocycles. The third kappa shape index (κ3) is 3.90. The Balaban J connectivity index is 1.88. The SMILES string of the molecule is Nc1ncc(-c2cccc(C=O)c2)nc1NCc1c(Cl)cccc1Cl. The molecule has 0 aliphatic heterocycles. The van der Waals surface area contributed by atoms with E-state index in [1.54, 1.807) is 42.6 Å². The van der Waals surface area contributed by atoms with Crippen LogP contribution in [0, 0.1) is 0 Å². The molecule has 0 bridgehead atoms. The zero-order valence-corrected chi connectivity index (χ0v) is 14.6. The molecular weight excluding hydrogens is 359 g/mol. The van der Waals surface area contributed by atoms with Crippen LogP contribution < -0.4 is 11.1 Å². The van der Waals surface area contributed by atoms with Gasteiger partial charge in [0.15, 0.2) is 11.6 Å². The zero-order valence-electron chi connectivity index (χ0n) is 13.0. The number of nitrogen functional groups attached to an aromatic ring is 1. The smallest absolute Gasteiger partial charge is 0.169 e. The normalized spacial score (nSPS) is 10.5. The summed E-state index contributed by atoms with van der Waals surface area (Å²) in [6.07, 6.45) is 2.35. The molecule has 0 aliphatic rings. The molecule has 1 heterocycles. The van der Waals surface area contributed by atoms with Crippen molar-refractivity contribution in [3.8, 4) is 11.3 Å². The van der Waals surface area contributed by atoms with Gasteiger partial charge < -0.3 is 11.1 Å². The first-order chi connectivity index (χ1) is 12.1. The average molecular weight is 373 g/mol. The number of hydrogen-bond acceptors (Lipinski definition) is 5. The van der Waals surface area contributed by atoms with Crippen LogP contribution in [0.3, 0.4) is 0 Å². The maximum Gasteiger partial charge on any atom is 0.169 e. The summed E-state index contributed by atoms with van der Waals surface area (Å²) in [6.45, 7) is 0.356. The Labute approximate surface area is 154 Å². The molecule has 0 atom stereocenters. The summed E-state index contributed by atoms with van der Waals surface area (Å²) in [7, 11) is 0. The molecule has 7 heteroatoms. The highest BCUT2D eigenvalue weighted by Gasteiger charge is 2.10. The lowest BCUT2D eigenvalue weighted by atomic mass is 10.1. The Bertz CT molecular complexity index is 910. The largest absolute Gasteiger partial charge is 0.381 e. The summed E-state index contributed by atoms with van der Waals surface area (Å²) in [5, 5.41) is 4.23. The number of nitrogens with one attached hydrogen (secondary N) is 1. The molecular formula is C18H14Cl2N4O. The van der Waals surface area contributed by atoms with Crippen molar-refractivity contribution in [2.45, 2.75) is 6.54 Å². The fourth-order valence-corrected chi connectivity index (χ4v) is 2.84. The fourth-order valence-electron chi connectivity index (χ4n) is 2.31. The first-order valence-electron chi connectivity index (χ1n) is 7.43. The molecule has 0 spiro atoms. The van der Waals surface area contributed by atoms with E-state index in [2.05, 4.69) is 15.3 Å². The van der Waals surface area contributed by atoms with Crippen molar-refractivity contribution in [2.24, 2.45) is 0 Å². The summed E-state index contributed by atoms with van der Waals surface area (Å²) < 4.78 is 0. The molecule has 5 nitrogen and oxygen atoms in total. The molecule has 0 radical (unpaired) electrons. The zero-order chi connectivity index (χ0) is 17.8. The predicted molar refractivity (Wildman–Crippen MR) is 101 cm³/mol. The summed E-state index contributed by atoms with van der Waals surface area (Å²) in [5.74, 6) is 0.684. The van der Waals surface area contributed by atoms with Crippen LogP contribution in [0.15, 0.2) is 48.7 Å². The van der Waals surface area contributed by atoms with Gasteiger partial charge in [0.1, 0.15) is 6.29 Å². The Morgan fingerprint density at radius 1 is 1.12 bits per heavy atom. The number of nitrogens with zero attached hydrogens (tertiary/aromatic N) is 2. The number of anilines is 2. The molecule has 3 N–H and O–H groups in total. The average Bonchev–Trinajstić information content (AvgIpc) is 2.62. The Hall–Kier alpha value is -2.63. The highest BCUT2D eigenvalue weighted by atomic mass is 35.5. The van der Waals surface area contributed by atoms with Gasteiger partial charge >= 0.3 is 0 Å². The summed E-state index contributed by atoms with van der Waals surface area (Å²) in [4.78, 5) is 19.6. The van der Waals surface area contributed by atoms with E-state index in [-0.39, 0.29) is 5.82 Å². The van der Waals surface area contributed by atoms with Crippen molar-refractivity contribution in [3.05, 3.63) is 69.8 Å². The molecule has 126 valence electrons. The maximum atomic E-state index is 10.9. The number of hydrogen-bond donors (Lipinski definition) is 2. The minimum atomic E-state index is 0.262. The van der Waals surface area contributed by atoms with E-state index in [0.29, 0.717) is 33.7 Å². The van der Waals surface area contributed by atoms with Gasteiger partial charge in [0.25, 0.3) is 0 Å². The number of aldehydes is 1. The third-order valence-corrected chi connectivity index (χ3v) is 4.32. The highest BCUT2D eigenvalue weighted by molar-refractivity contribution is 6.36. The van der Waals surface area contributed by atoms with E-state index < -0.39 is 0 Å². The molecule has 25 heavy (non-hydrogen) atoms. The lowest BCUT2D eigenvalue weighted by molar-refractivity contribution is 0.112. The van der Waals surface area contributed by atoms with Crippen LogP contribution in [-0.2, 0) is 6.54 Å². The molecule has 2 aromatic carbocycles. The Morgan fingerprint density at radius 2 is 1.84 bits per heavy atom. The van der Waals surface area contributed by atoms with Crippen LogP contribution in [-0.4, -0.2) is 16.3 Å². The van der Waals surface area contributed by atoms with E-state index in [1.807, 2.05) is 6.07 Å². The number of aromatic nitrogens is 2. The summed E-state index contributed by atoms with van der Waals surface area (Å²) in [5.41, 5.74) is 8.60. The Kier molecular flexibility index (Phi) is 5.16. The topological polar surface area (TPSA) is 80.9 Å². The second-order valence-corrected chi connectivity index (χ2v) is 6.10. The minimum absolute atomic E-state index is 0.262. The van der Waals surface area contributed by atoms with Crippen LogP contribution >= 0.6 is 23.2 Å². The molecule has 3 rings (SSSR count). The molecule has 0 aliphatic carbocycles. The van der Waals surface area contributed by atoms with Gasteiger partial charge in [0.05, 0.1) is 11.9 Å². The fraction of sp³-hybridized carbons (Fsp3) is 0.0556. The van der Waals surface area contributed by atoms with Gasteiger partial charge in [-0.1, -0.05) is 47.5 Å². The van der Waals surface area contributed by atoms with Crippen molar-refractivity contribution in [2.75, 3.05) is 11.1 Å². The van der Waals surface area contributed by atoms with E-state index in [4.69, 9.17) is 28.9 Å². The highest BCUT2D eigenvalue weighted by Crippen LogP contribution is 2.26. The minimum Gasteiger partial charge on any atom is -0.381 e. The van der Waals surface area contributed by atoms with E-state index >= 15 is 0 Å². The number of rotatable bonds is 5. The van der Waals surface area contributed by atoms with Crippen LogP contribution in [0.25, 0.3) is 11.3 Å². The van der Waals surface area contributed by atoms with Crippen molar-refractivity contribution in [1.82, 2.24) is 9.97 Å². The first kappa shape index (κ1) is 17.2. The molecule has 3 aromatic rings. The maximum absolute atomic E-state index is 10.9. The molecule has 0 unspecified atom stereocenters. The molecule has 0 saturated carbocycles. The van der Waals surface area contributed by atoms with Crippen LogP contribution in [0.1, 0.15) is 15.9 Å². The molecule has 1 aromatic heterocycles. The van der Waals surface area contributed by atoms with Gasteiger partial charge in [-0.15, -0.1) is 0 Å².